The van der Waals surface area contributed by atoms with E-state index in [1.54, 1.807) is 12.1 Å². The normalized spacial score (nSPS) is 11.6. The third-order valence-corrected chi connectivity index (χ3v) is 14.6. The number of phenolic OH excluding ortho intramolecular Hbond substituents is 6. The van der Waals surface area contributed by atoms with Gasteiger partial charge in [0.25, 0.3) is 0 Å². The molecule has 0 radical (unpaired) electrons. The van der Waals surface area contributed by atoms with Crippen LogP contribution in [0, 0.1) is 83.1 Å². The Kier molecular flexibility index (Phi) is 15.8. The Bertz CT molecular complexity index is 2530. The Morgan fingerprint density at radius 1 is 0.313 bits per heavy atom. The number of methoxy groups -OCH3 is 2. The van der Waals surface area contributed by atoms with Gasteiger partial charge in [0, 0.05) is 16.2 Å². The van der Waals surface area contributed by atoms with Crippen molar-refractivity contribution in [1.82, 2.24) is 0 Å². The number of aryl methyl sites for hydroxylation is 4. The average molecular weight is 913 g/mol. The molecule has 0 aliphatic carbocycles. The van der Waals surface area contributed by atoms with Crippen LogP contribution in [0.15, 0.2) is 60.7 Å². The van der Waals surface area contributed by atoms with Crippen molar-refractivity contribution in [2.45, 2.75) is 141 Å². The molecule has 0 amide bonds. The van der Waals surface area contributed by atoms with Crippen molar-refractivity contribution in [3.05, 3.63) is 161 Å². The van der Waals surface area contributed by atoms with Crippen LogP contribution in [0.5, 0.6) is 46.0 Å². The third-order valence-electron chi connectivity index (χ3n) is 14.6. The zero-order chi connectivity index (χ0) is 51.0. The van der Waals surface area contributed by atoms with Crippen molar-refractivity contribution in [3.63, 3.8) is 0 Å². The van der Waals surface area contributed by atoms with Crippen molar-refractivity contribution in [2.75, 3.05) is 14.2 Å². The molecular formula is C59H76O8. The molecule has 6 rings (SSSR count). The van der Waals surface area contributed by atoms with Crippen LogP contribution in [0.3, 0.4) is 0 Å². The molecule has 6 N–H and O–H groups in total. The topological polar surface area (TPSA) is 140 Å². The first-order chi connectivity index (χ1) is 30.9. The van der Waals surface area contributed by atoms with Crippen molar-refractivity contribution < 1.29 is 40.1 Å². The zero-order valence-electron chi connectivity index (χ0n) is 43.8. The second kappa shape index (κ2) is 19.9. The van der Waals surface area contributed by atoms with Crippen LogP contribution >= 0.6 is 0 Å². The molecule has 0 aromatic heterocycles. The summed E-state index contributed by atoms with van der Waals surface area (Å²) in [5.41, 5.74) is 18.1. The van der Waals surface area contributed by atoms with Crippen LogP contribution in [-0.4, -0.2) is 44.9 Å². The van der Waals surface area contributed by atoms with Gasteiger partial charge in [-0.05, 0) is 207 Å². The zero-order valence-corrected chi connectivity index (χ0v) is 43.8. The van der Waals surface area contributed by atoms with Crippen LogP contribution in [-0.2, 0) is 16.2 Å². The molecule has 0 aliphatic heterocycles. The molecule has 0 fully saturated rings. The molecule has 0 aliphatic rings. The summed E-state index contributed by atoms with van der Waals surface area (Å²) in [6.45, 7) is 37.0. The largest absolute Gasteiger partial charge is 0.507 e. The summed E-state index contributed by atoms with van der Waals surface area (Å²) >= 11 is 0. The first kappa shape index (κ1) is 53.3. The van der Waals surface area contributed by atoms with Crippen LogP contribution in [0.2, 0.25) is 0 Å². The van der Waals surface area contributed by atoms with E-state index in [-0.39, 0.29) is 27.7 Å². The Morgan fingerprint density at radius 2 is 0.567 bits per heavy atom. The predicted molar refractivity (Wildman–Crippen MR) is 275 cm³/mol. The van der Waals surface area contributed by atoms with Gasteiger partial charge in [-0.15, -0.1) is 0 Å². The van der Waals surface area contributed by atoms with Crippen molar-refractivity contribution in [1.29, 1.82) is 0 Å². The van der Waals surface area contributed by atoms with E-state index in [2.05, 4.69) is 69.2 Å². The Balaban J connectivity index is 0.000000221. The molecule has 0 spiro atoms. The number of benzene rings is 6. The Morgan fingerprint density at radius 3 is 0.821 bits per heavy atom. The fourth-order valence-electron chi connectivity index (χ4n) is 9.68. The molecule has 6 aromatic rings. The van der Waals surface area contributed by atoms with Gasteiger partial charge >= 0.3 is 0 Å². The predicted octanol–water partition coefficient (Wildman–Crippen LogP) is 14.0. The number of rotatable bonds is 8. The second-order valence-electron chi connectivity index (χ2n) is 20.0. The second-order valence-corrected chi connectivity index (χ2v) is 20.0. The summed E-state index contributed by atoms with van der Waals surface area (Å²) in [5, 5.41) is 60.2. The van der Waals surface area contributed by atoms with Gasteiger partial charge in [-0.3, -0.25) is 0 Å². The maximum atomic E-state index is 10.4. The molecule has 360 valence electrons. The molecule has 8 nitrogen and oxygen atoms in total. The van der Waals surface area contributed by atoms with E-state index in [0.29, 0.717) is 34.5 Å². The van der Waals surface area contributed by atoms with Crippen LogP contribution < -0.4 is 9.47 Å². The summed E-state index contributed by atoms with van der Waals surface area (Å²) in [5.74, 6) is 2.64. The number of phenols is 6. The summed E-state index contributed by atoms with van der Waals surface area (Å²) < 4.78 is 10.3. The molecule has 0 bridgehead atoms. The standard InChI is InChI=1S/C23H32O2.C19H24O2.C17H20O4/c1-11-15(5)21(24)16(6)12(2)19(11)23(9,10)20-13(3)17(7)22(25)18(8)14(20)4;1-11-7-15(8-12(2)17(11)20)19(5,6)16-9-13(3)18(21)14(4)10-16;1-17(2,11-5-7-13(18)15(9-11)20-3)12-6-8-14(19)16(10-12)21-4/h24-25H,1-10H3;7-10,20-21H,1-6H3;5-10,18-19H,1-4H3. The van der Waals surface area contributed by atoms with Crippen molar-refractivity contribution in [3.8, 4) is 46.0 Å². The first-order valence-electron chi connectivity index (χ1n) is 22.9. The average Bonchev–Trinajstić information content (AvgIpc) is 3.27. The maximum absolute atomic E-state index is 10.4. The van der Waals surface area contributed by atoms with Gasteiger partial charge in [-0.1, -0.05) is 77.9 Å². The highest BCUT2D eigenvalue weighted by Gasteiger charge is 2.34. The van der Waals surface area contributed by atoms with E-state index in [1.807, 2.05) is 104 Å². The molecular weight excluding hydrogens is 837 g/mol. The Hall–Kier alpha value is -6.28. The van der Waals surface area contributed by atoms with E-state index in [1.165, 1.54) is 36.5 Å². The first-order valence-corrected chi connectivity index (χ1v) is 22.9. The number of aromatic hydroxyl groups is 6. The van der Waals surface area contributed by atoms with E-state index in [4.69, 9.17) is 9.47 Å². The molecule has 67 heavy (non-hydrogen) atoms. The lowest BCUT2D eigenvalue weighted by Crippen LogP contribution is -2.26. The summed E-state index contributed by atoms with van der Waals surface area (Å²) in [7, 11) is 3.05. The van der Waals surface area contributed by atoms with Gasteiger partial charge in [-0.2, -0.15) is 0 Å². The minimum atomic E-state index is -0.331. The molecule has 0 atom stereocenters. The molecule has 0 heterocycles. The summed E-state index contributed by atoms with van der Waals surface area (Å²) in [6, 6.07) is 18.7. The SMILES string of the molecule is COc1cc(C(C)(C)c2ccc(O)c(OC)c2)ccc1O.Cc1c(C)c(C(C)(C)c2c(C)c(C)c(O)c(C)c2C)c(C)c(C)c1O.Cc1cc(C(C)(C)c2cc(C)c(O)c(C)c2)cc(C)c1O. The van der Waals surface area contributed by atoms with Crippen LogP contribution in [0.25, 0.3) is 0 Å². The molecule has 6 aromatic carbocycles. The smallest absolute Gasteiger partial charge is 0.160 e. The minimum absolute atomic E-state index is 0.111. The van der Waals surface area contributed by atoms with E-state index >= 15 is 0 Å². The molecule has 0 saturated carbocycles. The fourth-order valence-corrected chi connectivity index (χ4v) is 9.68. The van der Waals surface area contributed by atoms with Crippen molar-refractivity contribution in [2.24, 2.45) is 0 Å². The van der Waals surface area contributed by atoms with Gasteiger partial charge < -0.3 is 40.1 Å². The highest BCUT2D eigenvalue weighted by atomic mass is 16.5. The van der Waals surface area contributed by atoms with Gasteiger partial charge in [-0.25, -0.2) is 0 Å². The highest BCUT2D eigenvalue weighted by molar-refractivity contribution is 5.63. The van der Waals surface area contributed by atoms with Gasteiger partial charge in [0.15, 0.2) is 23.0 Å². The quantitative estimate of drug-likeness (QED) is 0.0887. The maximum Gasteiger partial charge on any atom is 0.160 e. The lowest BCUT2D eigenvalue weighted by molar-refractivity contribution is 0.370. The van der Waals surface area contributed by atoms with Crippen LogP contribution in [0.4, 0.5) is 0 Å². The molecule has 0 unspecified atom stereocenters. The van der Waals surface area contributed by atoms with Crippen LogP contribution in [0.1, 0.15) is 142 Å². The molecule has 0 saturated heterocycles. The monoisotopic (exact) mass is 913 g/mol. The van der Waals surface area contributed by atoms with Gasteiger partial charge in [0.05, 0.1) is 14.2 Å². The van der Waals surface area contributed by atoms with Gasteiger partial charge in [0.2, 0.25) is 0 Å². The summed E-state index contributed by atoms with van der Waals surface area (Å²) in [4.78, 5) is 0. The third kappa shape index (κ3) is 10.2. The number of hydrogen-bond donors (Lipinski definition) is 6. The van der Waals surface area contributed by atoms with E-state index < -0.39 is 0 Å². The molecule has 8 heteroatoms. The van der Waals surface area contributed by atoms with E-state index in [9.17, 15) is 30.6 Å². The lowest BCUT2D eigenvalue weighted by Gasteiger charge is -2.35. The Labute approximate surface area is 400 Å². The van der Waals surface area contributed by atoms with E-state index in [0.717, 1.165) is 77.9 Å². The van der Waals surface area contributed by atoms with Gasteiger partial charge in [0.1, 0.15) is 23.0 Å². The number of hydrogen-bond acceptors (Lipinski definition) is 8. The van der Waals surface area contributed by atoms with Crippen molar-refractivity contribution >= 4 is 0 Å². The fraction of sp³-hybridized carbons (Fsp3) is 0.390. The lowest BCUT2D eigenvalue weighted by atomic mass is 9.68. The number of ether oxygens (including phenoxy) is 2. The minimum Gasteiger partial charge on any atom is -0.507 e. The summed E-state index contributed by atoms with van der Waals surface area (Å²) in [6.07, 6.45) is 0. The highest BCUT2D eigenvalue weighted by Crippen LogP contribution is 2.46.